The number of sulfonamides is 2. The topological polar surface area (TPSA) is 83.6 Å². The van der Waals surface area contributed by atoms with Crippen molar-refractivity contribution >= 4 is 20.0 Å². The highest BCUT2D eigenvalue weighted by Crippen LogP contribution is 2.17. The lowest BCUT2D eigenvalue weighted by atomic mass is 10.0. The Morgan fingerprint density at radius 1 is 1.04 bits per heavy atom. The van der Waals surface area contributed by atoms with Crippen LogP contribution in [-0.4, -0.2) is 46.5 Å². The van der Waals surface area contributed by atoms with Gasteiger partial charge in [0.2, 0.25) is 20.0 Å². The predicted octanol–water partition coefficient (Wildman–Crippen LogP) is 2.15. The van der Waals surface area contributed by atoms with E-state index in [-0.39, 0.29) is 24.0 Å². The van der Waals surface area contributed by atoms with Crippen LogP contribution in [0.4, 0.5) is 0 Å². The lowest BCUT2D eigenvalue weighted by Gasteiger charge is -2.25. The summed E-state index contributed by atoms with van der Waals surface area (Å²) in [7, 11) is -7.02. The Kier molecular flexibility index (Phi) is 7.40. The zero-order chi connectivity index (χ0) is 18.5. The molecule has 0 aliphatic heterocycles. The molecule has 8 heteroatoms. The van der Waals surface area contributed by atoms with Gasteiger partial charge in [-0.25, -0.2) is 21.6 Å². The van der Waals surface area contributed by atoms with Crippen molar-refractivity contribution in [3.8, 4) is 0 Å². The van der Waals surface area contributed by atoms with E-state index >= 15 is 0 Å². The van der Waals surface area contributed by atoms with Crippen molar-refractivity contribution < 1.29 is 16.8 Å². The van der Waals surface area contributed by atoms with E-state index in [1.807, 2.05) is 20.8 Å². The molecule has 0 radical (unpaired) electrons. The molecule has 24 heavy (non-hydrogen) atoms. The fourth-order valence-electron chi connectivity index (χ4n) is 2.32. The first-order valence-corrected chi connectivity index (χ1v) is 11.4. The molecule has 6 nitrogen and oxygen atoms in total. The molecule has 0 saturated carbocycles. The Hall–Kier alpha value is -0.960. The Morgan fingerprint density at radius 2 is 1.58 bits per heavy atom. The maximum atomic E-state index is 12.3. The summed E-state index contributed by atoms with van der Waals surface area (Å²) in [5.41, 5.74) is 1.06. The molecule has 0 amide bonds. The van der Waals surface area contributed by atoms with E-state index < -0.39 is 20.0 Å². The van der Waals surface area contributed by atoms with E-state index in [2.05, 4.69) is 4.72 Å². The summed E-state index contributed by atoms with van der Waals surface area (Å²) in [6.07, 6.45) is 1.80. The number of benzene rings is 1. The van der Waals surface area contributed by atoms with Crippen LogP contribution in [0.1, 0.15) is 45.6 Å². The summed E-state index contributed by atoms with van der Waals surface area (Å²) < 4.78 is 52.0. The molecule has 1 atom stereocenters. The van der Waals surface area contributed by atoms with Crippen molar-refractivity contribution in [2.45, 2.75) is 51.0 Å². The number of hydrogen-bond acceptors (Lipinski definition) is 4. The molecule has 0 aromatic heterocycles. The van der Waals surface area contributed by atoms with Gasteiger partial charge in [0.25, 0.3) is 0 Å². The predicted molar refractivity (Wildman–Crippen MR) is 97.0 cm³/mol. The van der Waals surface area contributed by atoms with Gasteiger partial charge >= 0.3 is 0 Å². The van der Waals surface area contributed by atoms with Crippen LogP contribution in [0.2, 0.25) is 0 Å². The molecule has 1 unspecified atom stereocenters. The average molecular weight is 377 g/mol. The van der Waals surface area contributed by atoms with E-state index in [1.165, 1.54) is 4.31 Å². The van der Waals surface area contributed by atoms with Crippen LogP contribution in [0.5, 0.6) is 0 Å². The summed E-state index contributed by atoms with van der Waals surface area (Å²) >= 11 is 0. The Morgan fingerprint density at radius 3 is 2.00 bits per heavy atom. The second-order valence-electron chi connectivity index (χ2n) is 6.25. The van der Waals surface area contributed by atoms with Crippen LogP contribution in [-0.2, 0) is 20.0 Å². The largest absolute Gasteiger partial charge is 0.240 e. The molecule has 1 rings (SSSR count). The van der Waals surface area contributed by atoms with Gasteiger partial charge < -0.3 is 0 Å². The summed E-state index contributed by atoms with van der Waals surface area (Å²) in [6, 6.07) is 6.55. The average Bonchev–Trinajstić information content (AvgIpc) is 2.49. The van der Waals surface area contributed by atoms with E-state index in [0.717, 1.165) is 11.8 Å². The Bertz CT molecular complexity index is 726. The summed E-state index contributed by atoms with van der Waals surface area (Å²) in [5, 5.41) is 0. The van der Waals surface area contributed by atoms with Gasteiger partial charge in [0, 0.05) is 19.1 Å². The maximum absolute atomic E-state index is 12.3. The quantitative estimate of drug-likeness (QED) is 0.716. The third kappa shape index (κ3) is 5.84. The SMILES string of the molecule is CCC(C)N(CCNS(=O)(=O)c1ccc(C(C)C)cc1)S(C)(=O)=O. The van der Waals surface area contributed by atoms with E-state index in [9.17, 15) is 16.8 Å². The standard InChI is InChI=1S/C16H28N2O4S2/c1-6-14(4)18(23(5,19)20)12-11-17-24(21,22)16-9-7-15(8-10-16)13(2)3/h7-10,13-14,17H,6,11-12H2,1-5H3. The van der Waals surface area contributed by atoms with Crippen LogP contribution in [0.3, 0.4) is 0 Å². The molecule has 0 heterocycles. The van der Waals surface area contributed by atoms with E-state index in [4.69, 9.17) is 0 Å². The summed E-state index contributed by atoms with van der Waals surface area (Å²) in [4.78, 5) is 0.182. The van der Waals surface area contributed by atoms with E-state index in [1.54, 1.807) is 31.2 Å². The minimum absolute atomic E-state index is 0.0334. The van der Waals surface area contributed by atoms with Gasteiger partial charge in [0.15, 0.2) is 0 Å². The minimum Gasteiger partial charge on any atom is -0.212 e. The van der Waals surface area contributed by atoms with Gasteiger partial charge in [-0.3, -0.25) is 0 Å². The van der Waals surface area contributed by atoms with Crippen LogP contribution in [0, 0.1) is 0 Å². The number of hydrogen-bond donors (Lipinski definition) is 1. The minimum atomic E-state index is -3.65. The fraction of sp³-hybridized carbons (Fsp3) is 0.625. The second kappa shape index (κ2) is 8.42. The highest BCUT2D eigenvalue weighted by molar-refractivity contribution is 7.89. The molecule has 0 aliphatic rings. The molecule has 0 fully saturated rings. The number of nitrogens with zero attached hydrogens (tertiary/aromatic N) is 1. The van der Waals surface area contributed by atoms with Gasteiger partial charge in [0.1, 0.15) is 0 Å². The summed E-state index contributed by atoms with van der Waals surface area (Å²) in [6.45, 7) is 7.92. The van der Waals surface area contributed by atoms with Crippen molar-refractivity contribution in [1.82, 2.24) is 9.03 Å². The Labute approximate surface area is 146 Å². The van der Waals surface area contributed by atoms with Gasteiger partial charge in [-0.05, 0) is 37.0 Å². The van der Waals surface area contributed by atoms with Gasteiger partial charge in [-0.2, -0.15) is 4.31 Å². The smallest absolute Gasteiger partial charge is 0.212 e. The molecular formula is C16H28N2O4S2. The molecule has 1 aromatic carbocycles. The number of rotatable bonds is 9. The van der Waals surface area contributed by atoms with Crippen LogP contribution in [0.25, 0.3) is 0 Å². The number of nitrogens with one attached hydrogen (secondary N) is 1. The van der Waals surface area contributed by atoms with Crippen molar-refractivity contribution in [1.29, 1.82) is 0 Å². The zero-order valence-electron chi connectivity index (χ0n) is 15.0. The highest BCUT2D eigenvalue weighted by Gasteiger charge is 2.22. The monoisotopic (exact) mass is 376 g/mol. The molecule has 138 valence electrons. The van der Waals surface area contributed by atoms with Gasteiger partial charge in [-0.1, -0.05) is 32.9 Å². The molecule has 0 bridgehead atoms. The highest BCUT2D eigenvalue weighted by atomic mass is 32.2. The first-order valence-electron chi connectivity index (χ1n) is 8.05. The second-order valence-corrected chi connectivity index (χ2v) is 9.95. The van der Waals surface area contributed by atoms with E-state index in [0.29, 0.717) is 12.3 Å². The lowest BCUT2D eigenvalue weighted by molar-refractivity contribution is 0.335. The molecule has 0 aliphatic carbocycles. The molecule has 0 spiro atoms. The first kappa shape index (κ1) is 21.1. The van der Waals surface area contributed by atoms with Crippen molar-refractivity contribution in [2.75, 3.05) is 19.3 Å². The fourth-order valence-corrected chi connectivity index (χ4v) is 4.57. The van der Waals surface area contributed by atoms with Gasteiger partial charge in [-0.15, -0.1) is 0 Å². The van der Waals surface area contributed by atoms with Crippen LogP contribution in [0.15, 0.2) is 29.2 Å². The maximum Gasteiger partial charge on any atom is 0.240 e. The summed E-state index contributed by atoms with van der Waals surface area (Å²) in [5.74, 6) is 0.327. The van der Waals surface area contributed by atoms with Crippen LogP contribution >= 0.6 is 0 Å². The van der Waals surface area contributed by atoms with Crippen LogP contribution < -0.4 is 4.72 Å². The zero-order valence-corrected chi connectivity index (χ0v) is 16.6. The van der Waals surface area contributed by atoms with Crippen molar-refractivity contribution in [3.63, 3.8) is 0 Å². The molecule has 0 saturated heterocycles. The van der Waals surface area contributed by atoms with Crippen molar-refractivity contribution in [3.05, 3.63) is 29.8 Å². The molecule has 1 N–H and O–H groups in total. The van der Waals surface area contributed by atoms with Crippen molar-refractivity contribution in [2.24, 2.45) is 0 Å². The molecule has 1 aromatic rings. The first-order chi connectivity index (χ1) is 11.0. The lowest BCUT2D eigenvalue weighted by Crippen LogP contribution is -2.42. The third-order valence-electron chi connectivity index (χ3n) is 3.99. The normalized spacial score (nSPS) is 14.3. The van der Waals surface area contributed by atoms with Gasteiger partial charge in [0.05, 0.1) is 11.2 Å². The third-order valence-corrected chi connectivity index (χ3v) is 6.86. The molecular weight excluding hydrogens is 348 g/mol. The Balaban J connectivity index is 2.77.